The third kappa shape index (κ3) is 3.14. The number of nitrogens with two attached hydrogens (primary N) is 1. The normalized spacial score (nSPS) is 21.8. The molecule has 3 rings (SSSR count). The van der Waals surface area contributed by atoms with E-state index in [0.29, 0.717) is 11.4 Å². The monoisotopic (exact) mass is 312 g/mol. The molecule has 1 aromatic carbocycles. The summed E-state index contributed by atoms with van der Waals surface area (Å²) in [5, 5.41) is 10.2. The van der Waals surface area contributed by atoms with Crippen molar-refractivity contribution in [1.29, 1.82) is 0 Å². The second-order valence-electron chi connectivity index (χ2n) is 5.88. The van der Waals surface area contributed by atoms with Gasteiger partial charge in [0.2, 0.25) is 10.0 Å². The summed E-state index contributed by atoms with van der Waals surface area (Å²) in [7, 11) is -3.36. The van der Waals surface area contributed by atoms with Crippen LogP contribution in [0.1, 0.15) is 12.8 Å². The van der Waals surface area contributed by atoms with Gasteiger partial charge in [0, 0.05) is 24.8 Å². The lowest BCUT2D eigenvalue weighted by molar-refractivity contribution is -0.0765. The molecule has 2 fully saturated rings. The van der Waals surface area contributed by atoms with Crippen molar-refractivity contribution >= 4 is 15.7 Å². The summed E-state index contributed by atoms with van der Waals surface area (Å²) in [5.41, 5.74) is 5.41. The molecule has 0 atom stereocenters. The number of β-amino-alcohol motifs (C(OH)–C–C–N with tert-alkyl or cyclic N) is 1. The molecule has 2 aliphatic rings. The summed E-state index contributed by atoms with van der Waals surface area (Å²) in [6, 6.07) is 6.88. The fourth-order valence-corrected chi connectivity index (χ4v) is 4.03. The van der Waals surface area contributed by atoms with Crippen LogP contribution >= 0.6 is 0 Å². The van der Waals surface area contributed by atoms with Crippen molar-refractivity contribution in [2.24, 2.45) is 5.92 Å². The molecule has 0 radical (unpaired) electrons. The molecule has 0 amide bonds. The number of nitrogens with zero attached hydrogens (tertiary/aromatic N) is 1. The van der Waals surface area contributed by atoms with Gasteiger partial charge in [-0.2, -0.15) is 4.31 Å². The maximum Gasteiger partial charge on any atom is 0.217 e. The number of benzene rings is 1. The molecular formula is C14H20N2O4S. The van der Waals surface area contributed by atoms with Gasteiger partial charge < -0.3 is 15.6 Å². The van der Waals surface area contributed by atoms with Gasteiger partial charge in [0.25, 0.3) is 0 Å². The first-order valence-electron chi connectivity index (χ1n) is 7.08. The highest BCUT2D eigenvalue weighted by molar-refractivity contribution is 7.89. The van der Waals surface area contributed by atoms with Gasteiger partial charge in [-0.05, 0) is 30.9 Å². The summed E-state index contributed by atoms with van der Waals surface area (Å²) >= 11 is 0. The zero-order chi connectivity index (χ0) is 15.1. The van der Waals surface area contributed by atoms with E-state index in [2.05, 4.69) is 0 Å². The largest absolute Gasteiger partial charge is 0.492 e. The van der Waals surface area contributed by atoms with Crippen molar-refractivity contribution in [1.82, 2.24) is 4.31 Å². The lowest BCUT2D eigenvalue weighted by atomic mass is 9.91. The van der Waals surface area contributed by atoms with Gasteiger partial charge in [-0.15, -0.1) is 0 Å². The highest BCUT2D eigenvalue weighted by Crippen LogP contribution is 2.45. The summed E-state index contributed by atoms with van der Waals surface area (Å²) in [6.07, 6.45) is 2.01. The van der Waals surface area contributed by atoms with Crippen LogP contribution in [0.3, 0.4) is 0 Å². The number of sulfonamides is 1. The van der Waals surface area contributed by atoms with E-state index in [1.54, 1.807) is 24.3 Å². The highest BCUT2D eigenvalue weighted by atomic mass is 32.2. The zero-order valence-electron chi connectivity index (χ0n) is 11.7. The quantitative estimate of drug-likeness (QED) is 0.743. The van der Waals surface area contributed by atoms with Crippen molar-refractivity contribution in [3.05, 3.63) is 24.3 Å². The second-order valence-corrected chi connectivity index (χ2v) is 7.97. The molecule has 1 heterocycles. The maximum absolute atomic E-state index is 12.1. The lowest BCUT2D eigenvalue weighted by Gasteiger charge is -2.45. The predicted octanol–water partition coefficient (Wildman–Crippen LogP) is 0.434. The Bertz CT molecular complexity index is 622. The topological polar surface area (TPSA) is 92.9 Å². The number of nitrogen functional groups attached to an aromatic ring is 1. The molecule has 0 spiro atoms. The maximum atomic E-state index is 12.1. The molecule has 7 heteroatoms. The predicted molar refractivity (Wildman–Crippen MR) is 79.4 cm³/mol. The molecular weight excluding hydrogens is 292 g/mol. The van der Waals surface area contributed by atoms with E-state index in [-0.39, 0.29) is 31.4 Å². The van der Waals surface area contributed by atoms with Gasteiger partial charge in [0.15, 0.2) is 0 Å². The van der Waals surface area contributed by atoms with Gasteiger partial charge in [0.1, 0.15) is 12.4 Å². The standard InChI is InChI=1S/C14H20N2O4S/c15-12-2-1-3-13(8-12)20-6-7-21(18,19)16-9-14(17,10-16)11-4-5-11/h1-3,8,11,17H,4-7,9-10,15H2. The number of rotatable bonds is 6. The Morgan fingerprint density at radius 1 is 1.38 bits per heavy atom. The third-order valence-corrected chi connectivity index (χ3v) is 5.83. The minimum absolute atomic E-state index is 0.0736. The van der Waals surface area contributed by atoms with Crippen LogP contribution < -0.4 is 10.5 Å². The van der Waals surface area contributed by atoms with Gasteiger partial charge in [-0.25, -0.2) is 8.42 Å². The van der Waals surface area contributed by atoms with E-state index >= 15 is 0 Å². The zero-order valence-corrected chi connectivity index (χ0v) is 12.6. The van der Waals surface area contributed by atoms with Crippen LogP contribution in [0.5, 0.6) is 5.75 Å². The number of ether oxygens (including phenoxy) is 1. The minimum Gasteiger partial charge on any atom is -0.492 e. The first-order chi connectivity index (χ1) is 9.89. The van der Waals surface area contributed by atoms with E-state index in [4.69, 9.17) is 10.5 Å². The Balaban J connectivity index is 1.48. The molecule has 1 aromatic rings. The summed E-state index contributed by atoms with van der Waals surface area (Å²) in [4.78, 5) is 0. The van der Waals surface area contributed by atoms with Crippen LogP contribution in [0.2, 0.25) is 0 Å². The molecule has 1 saturated heterocycles. The van der Waals surface area contributed by atoms with Crippen LogP contribution in [-0.4, -0.2) is 48.9 Å². The fourth-order valence-electron chi connectivity index (χ4n) is 2.64. The van der Waals surface area contributed by atoms with Crippen molar-refractivity contribution in [3.8, 4) is 5.75 Å². The lowest BCUT2D eigenvalue weighted by Crippen LogP contribution is -2.65. The third-order valence-electron chi connectivity index (χ3n) is 4.10. The van der Waals surface area contributed by atoms with E-state index in [1.165, 1.54) is 4.31 Å². The fraction of sp³-hybridized carbons (Fsp3) is 0.571. The average molecular weight is 312 g/mol. The summed E-state index contributed by atoms with van der Waals surface area (Å²) in [6.45, 7) is 0.515. The number of hydrogen-bond acceptors (Lipinski definition) is 5. The van der Waals surface area contributed by atoms with Crippen LogP contribution in [0, 0.1) is 5.92 Å². The van der Waals surface area contributed by atoms with Crippen LogP contribution in [0.15, 0.2) is 24.3 Å². The highest BCUT2D eigenvalue weighted by Gasteiger charge is 2.54. The van der Waals surface area contributed by atoms with Gasteiger partial charge >= 0.3 is 0 Å². The first kappa shape index (κ1) is 14.6. The summed E-state index contributed by atoms with van der Waals surface area (Å²) < 4.78 is 31.0. The Morgan fingerprint density at radius 2 is 2.10 bits per heavy atom. The van der Waals surface area contributed by atoms with Crippen molar-refractivity contribution in [3.63, 3.8) is 0 Å². The smallest absolute Gasteiger partial charge is 0.217 e. The molecule has 3 N–H and O–H groups in total. The Labute approximate surface area is 124 Å². The van der Waals surface area contributed by atoms with E-state index in [0.717, 1.165) is 12.8 Å². The molecule has 6 nitrogen and oxygen atoms in total. The van der Waals surface area contributed by atoms with Crippen molar-refractivity contribution in [2.45, 2.75) is 18.4 Å². The summed E-state index contributed by atoms with van der Waals surface area (Å²) in [5.74, 6) is 0.749. The second kappa shape index (κ2) is 5.15. The molecule has 116 valence electrons. The van der Waals surface area contributed by atoms with E-state index in [1.807, 2.05) is 0 Å². The first-order valence-corrected chi connectivity index (χ1v) is 8.68. The molecule has 0 aromatic heterocycles. The number of aliphatic hydroxyl groups is 1. The van der Waals surface area contributed by atoms with Gasteiger partial charge in [0.05, 0.1) is 11.4 Å². The van der Waals surface area contributed by atoms with Crippen LogP contribution in [0.25, 0.3) is 0 Å². The Hall–Kier alpha value is -1.31. The molecule has 1 aliphatic carbocycles. The molecule has 21 heavy (non-hydrogen) atoms. The van der Waals surface area contributed by atoms with Gasteiger partial charge in [-0.1, -0.05) is 6.07 Å². The SMILES string of the molecule is Nc1cccc(OCCS(=O)(=O)N2CC(O)(C3CC3)C2)c1. The van der Waals surface area contributed by atoms with Crippen molar-refractivity contribution < 1.29 is 18.3 Å². The molecule has 1 aliphatic heterocycles. The Kier molecular flexibility index (Phi) is 3.59. The molecule has 1 saturated carbocycles. The minimum atomic E-state index is -3.36. The van der Waals surface area contributed by atoms with Gasteiger partial charge in [-0.3, -0.25) is 0 Å². The number of anilines is 1. The molecule has 0 bridgehead atoms. The average Bonchev–Trinajstić information content (AvgIpc) is 3.19. The van der Waals surface area contributed by atoms with E-state index < -0.39 is 15.6 Å². The van der Waals surface area contributed by atoms with Crippen LogP contribution in [0.4, 0.5) is 5.69 Å². The number of hydrogen-bond donors (Lipinski definition) is 2. The van der Waals surface area contributed by atoms with Crippen LogP contribution in [-0.2, 0) is 10.0 Å². The molecule has 0 unspecified atom stereocenters. The van der Waals surface area contributed by atoms with E-state index in [9.17, 15) is 13.5 Å². The van der Waals surface area contributed by atoms with Crippen molar-refractivity contribution in [2.75, 3.05) is 31.2 Å². The Morgan fingerprint density at radius 3 is 2.71 bits per heavy atom.